The molecule has 0 fully saturated rings. The minimum atomic E-state index is -4.42. The van der Waals surface area contributed by atoms with Crippen molar-refractivity contribution in [1.29, 1.82) is 0 Å². The summed E-state index contributed by atoms with van der Waals surface area (Å²) in [6.07, 6.45) is -1.71. The van der Waals surface area contributed by atoms with Crippen LogP contribution in [-0.2, 0) is 6.18 Å². The fourth-order valence-electron chi connectivity index (χ4n) is 1.55. The van der Waals surface area contributed by atoms with Crippen LogP contribution in [0.1, 0.15) is 39.2 Å². The van der Waals surface area contributed by atoms with Crippen molar-refractivity contribution in [3.63, 3.8) is 0 Å². The lowest BCUT2D eigenvalue weighted by molar-refractivity contribution is -0.137. The average Bonchev–Trinajstić information content (AvgIpc) is 2.23. The van der Waals surface area contributed by atoms with Gasteiger partial charge in [-0.3, -0.25) is 0 Å². The molecule has 0 atom stereocenters. The summed E-state index contributed by atoms with van der Waals surface area (Å²) in [5.41, 5.74) is -0.600. The van der Waals surface area contributed by atoms with Crippen molar-refractivity contribution in [3.05, 3.63) is 22.8 Å². The molecule has 19 heavy (non-hydrogen) atoms. The van der Waals surface area contributed by atoms with Gasteiger partial charge < -0.3 is 5.32 Å². The highest BCUT2D eigenvalue weighted by molar-refractivity contribution is 6.32. The van der Waals surface area contributed by atoms with Gasteiger partial charge in [0.15, 0.2) is 0 Å². The van der Waals surface area contributed by atoms with Crippen LogP contribution in [0.5, 0.6) is 0 Å². The van der Waals surface area contributed by atoms with Crippen LogP contribution in [0, 0.1) is 5.41 Å². The molecular formula is C13H18ClF3N2. The monoisotopic (exact) mass is 294 g/mol. The van der Waals surface area contributed by atoms with Gasteiger partial charge in [-0.1, -0.05) is 32.4 Å². The zero-order valence-corrected chi connectivity index (χ0v) is 12.0. The molecule has 6 heteroatoms. The summed E-state index contributed by atoms with van der Waals surface area (Å²) in [4.78, 5) is 3.72. The Morgan fingerprint density at radius 1 is 1.26 bits per heavy atom. The molecule has 0 aliphatic heterocycles. The first-order valence-electron chi connectivity index (χ1n) is 6.06. The molecule has 0 radical (unpaired) electrons. The summed E-state index contributed by atoms with van der Waals surface area (Å²) in [7, 11) is 0. The lowest BCUT2D eigenvalue weighted by Crippen LogP contribution is -2.11. The minimum Gasteiger partial charge on any atom is -0.369 e. The van der Waals surface area contributed by atoms with Gasteiger partial charge in [-0.05, 0) is 24.3 Å². The fraction of sp³-hybridized carbons (Fsp3) is 0.615. The van der Waals surface area contributed by atoms with E-state index in [4.69, 9.17) is 11.6 Å². The lowest BCUT2D eigenvalue weighted by Gasteiger charge is -2.18. The van der Waals surface area contributed by atoms with Gasteiger partial charge in [-0.2, -0.15) is 13.2 Å². The normalized spacial score (nSPS) is 12.6. The number of halogens is 4. The number of pyridine rings is 1. The number of hydrogen-bond acceptors (Lipinski definition) is 2. The highest BCUT2D eigenvalue weighted by Crippen LogP contribution is 2.32. The maximum Gasteiger partial charge on any atom is 0.417 e. The molecule has 0 bridgehead atoms. The molecule has 1 aromatic rings. The van der Waals surface area contributed by atoms with E-state index in [0.717, 1.165) is 25.1 Å². The van der Waals surface area contributed by atoms with Gasteiger partial charge in [-0.25, -0.2) is 4.98 Å². The van der Waals surface area contributed by atoms with E-state index in [-0.39, 0.29) is 10.4 Å². The highest BCUT2D eigenvalue weighted by Gasteiger charge is 2.31. The number of nitrogens with one attached hydrogen (secondary N) is 1. The summed E-state index contributed by atoms with van der Waals surface area (Å²) < 4.78 is 37.3. The predicted molar refractivity (Wildman–Crippen MR) is 71.4 cm³/mol. The van der Waals surface area contributed by atoms with Crippen LogP contribution in [0.2, 0.25) is 5.02 Å². The topological polar surface area (TPSA) is 24.9 Å². The highest BCUT2D eigenvalue weighted by atomic mass is 35.5. The van der Waals surface area contributed by atoms with Crippen molar-refractivity contribution in [2.45, 2.75) is 39.8 Å². The Hall–Kier alpha value is -0.970. The van der Waals surface area contributed by atoms with Gasteiger partial charge in [0.2, 0.25) is 0 Å². The predicted octanol–water partition coefficient (Wildman–Crippen LogP) is 4.99. The number of anilines is 1. The summed E-state index contributed by atoms with van der Waals surface area (Å²) in [6, 6.07) is 0.890. The van der Waals surface area contributed by atoms with Crippen molar-refractivity contribution < 1.29 is 13.2 Å². The molecule has 2 nitrogen and oxygen atoms in total. The van der Waals surface area contributed by atoms with Crippen molar-refractivity contribution in [2.75, 3.05) is 11.9 Å². The van der Waals surface area contributed by atoms with Gasteiger partial charge in [0, 0.05) is 12.7 Å². The molecule has 1 rings (SSSR count). The summed E-state index contributed by atoms with van der Waals surface area (Å²) >= 11 is 5.78. The Labute approximate surface area is 116 Å². The molecule has 0 aliphatic carbocycles. The van der Waals surface area contributed by atoms with Crippen LogP contribution in [-0.4, -0.2) is 11.5 Å². The third-order valence-corrected chi connectivity index (χ3v) is 2.85. The molecule has 1 N–H and O–H groups in total. The Balaban J connectivity index is 2.57. The quantitative estimate of drug-likeness (QED) is 0.791. The van der Waals surface area contributed by atoms with Crippen LogP contribution in [0.4, 0.5) is 19.0 Å². The van der Waals surface area contributed by atoms with Gasteiger partial charge in [0.1, 0.15) is 5.82 Å². The zero-order valence-electron chi connectivity index (χ0n) is 11.2. The summed E-state index contributed by atoms with van der Waals surface area (Å²) in [5.74, 6) is 0.295. The number of nitrogens with zero attached hydrogens (tertiary/aromatic N) is 1. The van der Waals surface area contributed by atoms with Gasteiger partial charge in [0.05, 0.1) is 10.6 Å². The van der Waals surface area contributed by atoms with Crippen molar-refractivity contribution in [1.82, 2.24) is 4.98 Å². The Kier molecular flexibility index (Phi) is 5.07. The number of aromatic nitrogens is 1. The molecule has 0 unspecified atom stereocenters. The molecule has 0 aliphatic rings. The smallest absolute Gasteiger partial charge is 0.369 e. The molecule has 1 aromatic heterocycles. The second-order valence-corrected chi connectivity index (χ2v) is 6.05. The zero-order chi connectivity index (χ0) is 14.7. The Morgan fingerprint density at radius 2 is 1.89 bits per heavy atom. The van der Waals surface area contributed by atoms with Gasteiger partial charge in [0.25, 0.3) is 0 Å². The van der Waals surface area contributed by atoms with E-state index in [1.165, 1.54) is 0 Å². The lowest BCUT2D eigenvalue weighted by atomic mass is 9.91. The molecule has 0 saturated carbocycles. The Morgan fingerprint density at radius 3 is 2.37 bits per heavy atom. The molecule has 0 saturated heterocycles. The first-order valence-corrected chi connectivity index (χ1v) is 6.44. The minimum absolute atomic E-state index is 0.00872. The van der Waals surface area contributed by atoms with Gasteiger partial charge in [-0.15, -0.1) is 0 Å². The van der Waals surface area contributed by atoms with Crippen molar-refractivity contribution >= 4 is 17.4 Å². The summed E-state index contributed by atoms with van der Waals surface area (Å²) in [5, 5.41) is 2.95. The Bertz CT molecular complexity index is 425. The van der Waals surface area contributed by atoms with E-state index in [0.29, 0.717) is 12.4 Å². The van der Waals surface area contributed by atoms with E-state index in [9.17, 15) is 13.2 Å². The summed E-state index contributed by atoms with van der Waals surface area (Å²) in [6.45, 7) is 7.04. The maximum atomic E-state index is 12.4. The third kappa shape index (κ3) is 5.68. The van der Waals surface area contributed by atoms with E-state index in [1.54, 1.807) is 0 Å². The third-order valence-electron chi connectivity index (χ3n) is 2.56. The SMILES string of the molecule is CC(C)(C)CCCNc1ncc(C(F)(F)F)cc1Cl. The van der Waals surface area contributed by atoms with E-state index >= 15 is 0 Å². The van der Waals surface area contributed by atoms with Crippen molar-refractivity contribution in [2.24, 2.45) is 5.41 Å². The molecular weight excluding hydrogens is 277 g/mol. The van der Waals surface area contributed by atoms with Crippen LogP contribution in [0.15, 0.2) is 12.3 Å². The fourth-order valence-corrected chi connectivity index (χ4v) is 1.78. The second-order valence-electron chi connectivity index (χ2n) is 5.64. The number of rotatable bonds is 4. The molecule has 1 heterocycles. The first-order chi connectivity index (χ1) is 8.59. The number of hydrogen-bond donors (Lipinski definition) is 1. The van der Waals surface area contributed by atoms with E-state index in [2.05, 4.69) is 31.1 Å². The maximum absolute atomic E-state index is 12.4. The largest absolute Gasteiger partial charge is 0.417 e. The molecule has 0 amide bonds. The van der Waals surface area contributed by atoms with Crippen LogP contribution < -0.4 is 5.32 Å². The van der Waals surface area contributed by atoms with Crippen molar-refractivity contribution in [3.8, 4) is 0 Å². The van der Waals surface area contributed by atoms with Crippen LogP contribution in [0.3, 0.4) is 0 Å². The standard InChI is InChI=1S/C13H18ClF3N2/c1-12(2,3)5-4-6-18-11-10(14)7-9(8-19-11)13(15,16)17/h7-8H,4-6H2,1-3H3,(H,18,19). The van der Waals surface area contributed by atoms with Crippen LogP contribution >= 0.6 is 11.6 Å². The molecule has 0 spiro atoms. The molecule has 108 valence electrons. The van der Waals surface area contributed by atoms with Crippen LogP contribution in [0.25, 0.3) is 0 Å². The second kappa shape index (κ2) is 5.99. The first kappa shape index (κ1) is 16.1. The number of alkyl halides is 3. The van der Waals surface area contributed by atoms with Gasteiger partial charge >= 0.3 is 6.18 Å². The average molecular weight is 295 g/mol. The van der Waals surface area contributed by atoms with E-state index < -0.39 is 11.7 Å². The van der Waals surface area contributed by atoms with E-state index in [1.807, 2.05) is 0 Å². The molecule has 0 aromatic carbocycles.